The van der Waals surface area contributed by atoms with Crippen LogP contribution in [0.4, 0.5) is 0 Å². The first-order valence-corrected chi connectivity index (χ1v) is 5.75. The SMILES string of the molecule is Cc1ccc(C(=O)NCCBr)c(Cl)c1. The third-order valence-corrected chi connectivity index (χ3v) is 2.46. The maximum absolute atomic E-state index is 11.5. The van der Waals surface area contributed by atoms with E-state index < -0.39 is 0 Å². The standard InChI is InChI=1S/C10H11BrClNO/c1-7-2-3-8(9(12)6-7)10(14)13-5-4-11/h2-3,6H,4-5H2,1H3,(H,13,14). The fourth-order valence-corrected chi connectivity index (χ4v) is 1.58. The Morgan fingerprint density at radius 3 is 2.86 bits per heavy atom. The van der Waals surface area contributed by atoms with Gasteiger partial charge in [-0.25, -0.2) is 0 Å². The van der Waals surface area contributed by atoms with Crippen LogP contribution in [0.5, 0.6) is 0 Å². The molecule has 1 amide bonds. The number of benzene rings is 1. The maximum Gasteiger partial charge on any atom is 0.252 e. The van der Waals surface area contributed by atoms with E-state index in [9.17, 15) is 4.79 Å². The number of amides is 1. The van der Waals surface area contributed by atoms with E-state index in [4.69, 9.17) is 11.6 Å². The van der Waals surface area contributed by atoms with Gasteiger partial charge < -0.3 is 5.32 Å². The summed E-state index contributed by atoms with van der Waals surface area (Å²) in [6.45, 7) is 2.54. The molecule has 14 heavy (non-hydrogen) atoms. The molecule has 0 aromatic heterocycles. The number of rotatable bonds is 3. The number of hydrogen-bond acceptors (Lipinski definition) is 1. The van der Waals surface area contributed by atoms with Crippen molar-refractivity contribution in [3.8, 4) is 0 Å². The zero-order chi connectivity index (χ0) is 10.6. The number of carbonyl (C=O) groups excluding carboxylic acids is 1. The second-order valence-corrected chi connectivity index (χ2v) is 4.13. The van der Waals surface area contributed by atoms with Gasteiger partial charge in [-0.05, 0) is 24.6 Å². The van der Waals surface area contributed by atoms with Crippen LogP contribution in [0, 0.1) is 6.92 Å². The van der Waals surface area contributed by atoms with Crippen molar-refractivity contribution in [2.45, 2.75) is 6.92 Å². The molecule has 0 saturated carbocycles. The summed E-state index contributed by atoms with van der Waals surface area (Å²) in [6, 6.07) is 5.39. The molecule has 0 aliphatic heterocycles. The van der Waals surface area contributed by atoms with Crippen molar-refractivity contribution in [3.05, 3.63) is 34.3 Å². The summed E-state index contributed by atoms with van der Waals surface area (Å²) in [5, 5.41) is 3.97. The molecule has 1 N–H and O–H groups in total. The smallest absolute Gasteiger partial charge is 0.252 e. The molecule has 1 aromatic carbocycles. The number of halogens is 2. The predicted octanol–water partition coefficient (Wildman–Crippen LogP) is 2.77. The van der Waals surface area contributed by atoms with Gasteiger partial charge in [0.05, 0.1) is 10.6 Å². The van der Waals surface area contributed by atoms with E-state index in [1.54, 1.807) is 12.1 Å². The third kappa shape index (κ3) is 3.00. The second-order valence-electron chi connectivity index (χ2n) is 2.93. The van der Waals surface area contributed by atoms with Crippen LogP contribution in [-0.2, 0) is 0 Å². The highest BCUT2D eigenvalue weighted by Gasteiger charge is 2.08. The van der Waals surface area contributed by atoms with Gasteiger partial charge in [-0.1, -0.05) is 33.6 Å². The van der Waals surface area contributed by atoms with E-state index in [0.29, 0.717) is 17.1 Å². The highest BCUT2D eigenvalue weighted by molar-refractivity contribution is 9.09. The normalized spacial score (nSPS) is 9.93. The number of aryl methyl sites for hydroxylation is 1. The van der Waals surface area contributed by atoms with Crippen LogP contribution in [0.2, 0.25) is 5.02 Å². The summed E-state index contributed by atoms with van der Waals surface area (Å²) in [6.07, 6.45) is 0. The largest absolute Gasteiger partial charge is 0.351 e. The van der Waals surface area contributed by atoms with Crippen molar-refractivity contribution >= 4 is 33.4 Å². The molecule has 0 heterocycles. The molecule has 2 nitrogen and oxygen atoms in total. The van der Waals surface area contributed by atoms with Crippen molar-refractivity contribution in [2.24, 2.45) is 0 Å². The zero-order valence-corrected chi connectivity index (χ0v) is 10.2. The van der Waals surface area contributed by atoms with Gasteiger partial charge in [0, 0.05) is 11.9 Å². The molecule has 0 bridgehead atoms. The van der Waals surface area contributed by atoms with Crippen LogP contribution >= 0.6 is 27.5 Å². The first-order valence-electron chi connectivity index (χ1n) is 4.25. The van der Waals surface area contributed by atoms with Crippen LogP contribution in [0.1, 0.15) is 15.9 Å². The molecular weight excluding hydrogens is 265 g/mol. The van der Waals surface area contributed by atoms with Gasteiger partial charge in [0.15, 0.2) is 0 Å². The first-order chi connectivity index (χ1) is 6.65. The summed E-state index contributed by atoms with van der Waals surface area (Å²) in [5.74, 6) is -0.130. The van der Waals surface area contributed by atoms with E-state index in [2.05, 4.69) is 21.2 Å². The van der Waals surface area contributed by atoms with Crippen molar-refractivity contribution in [3.63, 3.8) is 0 Å². The Hall–Kier alpha value is -0.540. The van der Waals surface area contributed by atoms with Gasteiger partial charge in [0.2, 0.25) is 0 Å². The maximum atomic E-state index is 11.5. The van der Waals surface area contributed by atoms with Crippen LogP contribution in [0.25, 0.3) is 0 Å². The fourth-order valence-electron chi connectivity index (χ4n) is 1.06. The Bertz CT molecular complexity index is 341. The minimum Gasteiger partial charge on any atom is -0.351 e. The monoisotopic (exact) mass is 275 g/mol. The summed E-state index contributed by atoms with van der Waals surface area (Å²) in [4.78, 5) is 11.5. The molecule has 0 radical (unpaired) electrons. The quantitative estimate of drug-likeness (QED) is 0.845. The van der Waals surface area contributed by atoms with Gasteiger partial charge >= 0.3 is 0 Å². The molecule has 0 aliphatic carbocycles. The first kappa shape index (κ1) is 11.5. The van der Waals surface area contributed by atoms with Gasteiger partial charge in [-0.2, -0.15) is 0 Å². The van der Waals surface area contributed by atoms with E-state index in [1.807, 2.05) is 13.0 Å². The van der Waals surface area contributed by atoms with Gasteiger partial charge in [0.1, 0.15) is 0 Å². The lowest BCUT2D eigenvalue weighted by Gasteiger charge is -2.05. The van der Waals surface area contributed by atoms with Crippen molar-refractivity contribution in [2.75, 3.05) is 11.9 Å². The van der Waals surface area contributed by atoms with Crippen molar-refractivity contribution in [1.29, 1.82) is 0 Å². The zero-order valence-electron chi connectivity index (χ0n) is 7.81. The highest BCUT2D eigenvalue weighted by atomic mass is 79.9. The van der Waals surface area contributed by atoms with E-state index in [1.165, 1.54) is 0 Å². The Balaban J connectivity index is 2.80. The molecule has 0 aliphatic rings. The molecule has 0 atom stereocenters. The van der Waals surface area contributed by atoms with Crippen LogP contribution in [0.3, 0.4) is 0 Å². The molecular formula is C10H11BrClNO. The average Bonchev–Trinajstić information content (AvgIpc) is 2.14. The van der Waals surface area contributed by atoms with Crippen molar-refractivity contribution in [1.82, 2.24) is 5.32 Å². The lowest BCUT2D eigenvalue weighted by atomic mass is 10.1. The predicted molar refractivity (Wildman–Crippen MR) is 62.3 cm³/mol. The number of carbonyl (C=O) groups is 1. The van der Waals surface area contributed by atoms with Crippen LogP contribution in [0.15, 0.2) is 18.2 Å². The molecule has 0 saturated heterocycles. The lowest BCUT2D eigenvalue weighted by Crippen LogP contribution is -2.25. The molecule has 0 unspecified atom stereocenters. The summed E-state index contributed by atoms with van der Waals surface area (Å²) in [7, 11) is 0. The molecule has 0 fully saturated rings. The van der Waals surface area contributed by atoms with Crippen LogP contribution < -0.4 is 5.32 Å². The summed E-state index contributed by atoms with van der Waals surface area (Å²) in [5.41, 5.74) is 1.57. The van der Waals surface area contributed by atoms with Gasteiger partial charge in [-0.15, -0.1) is 0 Å². The minimum absolute atomic E-state index is 0.130. The lowest BCUT2D eigenvalue weighted by molar-refractivity contribution is 0.0956. The van der Waals surface area contributed by atoms with Gasteiger partial charge in [0.25, 0.3) is 5.91 Å². The third-order valence-electron chi connectivity index (χ3n) is 1.75. The average molecular weight is 277 g/mol. The summed E-state index contributed by atoms with van der Waals surface area (Å²) < 4.78 is 0. The molecule has 1 aromatic rings. The van der Waals surface area contributed by atoms with Crippen molar-refractivity contribution < 1.29 is 4.79 Å². The number of alkyl halides is 1. The Morgan fingerprint density at radius 2 is 2.29 bits per heavy atom. The van der Waals surface area contributed by atoms with E-state index in [-0.39, 0.29) is 5.91 Å². The van der Waals surface area contributed by atoms with E-state index >= 15 is 0 Å². The van der Waals surface area contributed by atoms with E-state index in [0.717, 1.165) is 10.9 Å². The Labute approximate surface area is 96.8 Å². The van der Waals surface area contributed by atoms with Crippen LogP contribution in [-0.4, -0.2) is 17.8 Å². The Morgan fingerprint density at radius 1 is 1.57 bits per heavy atom. The molecule has 76 valence electrons. The fraction of sp³-hybridized carbons (Fsp3) is 0.300. The molecule has 4 heteroatoms. The molecule has 0 spiro atoms. The number of nitrogens with one attached hydrogen (secondary N) is 1. The highest BCUT2D eigenvalue weighted by Crippen LogP contribution is 2.17. The molecule has 1 rings (SSSR count). The topological polar surface area (TPSA) is 29.1 Å². The van der Waals surface area contributed by atoms with Gasteiger partial charge in [-0.3, -0.25) is 4.79 Å². The minimum atomic E-state index is -0.130. The second kappa shape index (κ2) is 5.37. The summed E-state index contributed by atoms with van der Waals surface area (Å²) >= 11 is 9.16. The Kier molecular flexibility index (Phi) is 4.42. The number of hydrogen-bond donors (Lipinski definition) is 1.